The zero-order valence-electron chi connectivity index (χ0n) is 8.85. The van der Waals surface area contributed by atoms with Crippen LogP contribution in [0.15, 0.2) is 0 Å². The summed E-state index contributed by atoms with van der Waals surface area (Å²) < 4.78 is 0. The molecule has 0 bridgehead atoms. The zero-order valence-corrected chi connectivity index (χ0v) is 8.85. The first-order valence-electron chi connectivity index (χ1n) is 5.06. The largest absolute Gasteiger partial charge is 0.394 e. The maximum absolute atomic E-state index is 9.35. The van der Waals surface area contributed by atoms with Crippen LogP contribution in [-0.4, -0.2) is 79.5 Å². The monoisotopic (exact) mass is 240 g/mol. The Morgan fingerprint density at radius 1 is 0.562 bits per heavy atom. The third kappa shape index (κ3) is 5.17. The molecule has 0 fully saturated rings. The first kappa shape index (κ1) is 15.7. The zero-order chi connectivity index (χ0) is 12.7. The number of aliphatic hydroxyl groups is 7. The summed E-state index contributed by atoms with van der Waals surface area (Å²) in [5.41, 5.74) is 0. The lowest BCUT2D eigenvalue weighted by molar-refractivity contribution is -0.0853. The number of hydrogen-bond acceptors (Lipinski definition) is 7. The molecule has 7 heteroatoms. The average molecular weight is 240 g/mol. The highest BCUT2D eigenvalue weighted by Gasteiger charge is 2.25. The Morgan fingerprint density at radius 2 is 1.00 bits per heavy atom. The van der Waals surface area contributed by atoms with E-state index in [0.717, 1.165) is 0 Å². The summed E-state index contributed by atoms with van der Waals surface area (Å²) in [6, 6.07) is 0. The van der Waals surface area contributed by atoms with Crippen molar-refractivity contribution < 1.29 is 35.7 Å². The van der Waals surface area contributed by atoms with Gasteiger partial charge in [-0.3, -0.25) is 0 Å². The smallest absolute Gasteiger partial charge is 0.108 e. The van der Waals surface area contributed by atoms with Crippen LogP contribution in [0.1, 0.15) is 12.8 Å². The van der Waals surface area contributed by atoms with Gasteiger partial charge in [0.05, 0.1) is 25.4 Å². The topological polar surface area (TPSA) is 142 Å². The van der Waals surface area contributed by atoms with E-state index in [1.165, 1.54) is 0 Å². The van der Waals surface area contributed by atoms with E-state index in [4.69, 9.17) is 20.4 Å². The fourth-order valence-electron chi connectivity index (χ4n) is 1.19. The van der Waals surface area contributed by atoms with Gasteiger partial charge in [-0.25, -0.2) is 0 Å². The molecule has 98 valence electrons. The maximum atomic E-state index is 9.35. The van der Waals surface area contributed by atoms with Gasteiger partial charge in [0.25, 0.3) is 0 Å². The quantitative estimate of drug-likeness (QED) is 0.234. The van der Waals surface area contributed by atoms with Crippen molar-refractivity contribution >= 4 is 0 Å². The van der Waals surface area contributed by atoms with Gasteiger partial charge in [0.1, 0.15) is 18.3 Å². The van der Waals surface area contributed by atoms with Crippen molar-refractivity contribution in [3.8, 4) is 0 Å². The van der Waals surface area contributed by atoms with Crippen LogP contribution in [0.5, 0.6) is 0 Å². The number of rotatable bonds is 8. The van der Waals surface area contributed by atoms with Crippen LogP contribution in [0.2, 0.25) is 0 Å². The predicted octanol–water partition coefficient (Wildman–Crippen LogP) is -3.44. The minimum absolute atomic E-state index is 0.0435. The molecule has 0 saturated heterocycles. The molecule has 0 aliphatic heterocycles. The minimum atomic E-state index is -1.51. The fourth-order valence-corrected chi connectivity index (χ4v) is 1.19. The highest BCUT2D eigenvalue weighted by Crippen LogP contribution is 2.10. The molecule has 7 nitrogen and oxygen atoms in total. The Hall–Kier alpha value is -0.280. The summed E-state index contributed by atoms with van der Waals surface area (Å²) in [5.74, 6) is 0. The van der Waals surface area contributed by atoms with Crippen LogP contribution in [0.3, 0.4) is 0 Å². The second-order valence-corrected chi connectivity index (χ2v) is 3.70. The lowest BCUT2D eigenvalue weighted by Gasteiger charge is -2.23. The molecule has 5 unspecified atom stereocenters. The van der Waals surface area contributed by atoms with E-state index in [0.29, 0.717) is 0 Å². The van der Waals surface area contributed by atoms with E-state index in [9.17, 15) is 15.3 Å². The van der Waals surface area contributed by atoms with Crippen molar-refractivity contribution in [3.63, 3.8) is 0 Å². The first-order valence-corrected chi connectivity index (χ1v) is 5.06. The summed E-state index contributed by atoms with van der Waals surface area (Å²) in [6.45, 7) is -1.28. The van der Waals surface area contributed by atoms with Gasteiger partial charge in [0.2, 0.25) is 0 Å². The molecule has 0 aliphatic rings. The van der Waals surface area contributed by atoms with Crippen LogP contribution in [-0.2, 0) is 0 Å². The van der Waals surface area contributed by atoms with Gasteiger partial charge < -0.3 is 35.7 Å². The van der Waals surface area contributed by atoms with Gasteiger partial charge >= 0.3 is 0 Å². The first-order chi connectivity index (χ1) is 7.43. The molecule has 0 heterocycles. The van der Waals surface area contributed by atoms with E-state index in [1.54, 1.807) is 0 Å². The van der Waals surface area contributed by atoms with Gasteiger partial charge in [-0.15, -0.1) is 0 Å². The van der Waals surface area contributed by atoms with Gasteiger partial charge in [-0.05, 0) is 12.8 Å². The summed E-state index contributed by atoms with van der Waals surface area (Å²) in [4.78, 5) is 0. The molecule has 0 aliphatic carbocycles. The summed E-state index contributed by atoms with van der Waals surface area (Å²) in [6.07, 6.45) is -6.90. The van der Waals surface area contributed by atoms with Gasteiger partial charge in [0, 0.05) is 0 Å². The molecule has 0 radical (unpaired) electrons. The molecule has 0 aromatic rings. The predicted molar refractivity (Wildman–Crippen MR) is 53.4 cm³/mol. The molecule has 0 rings (SSSR count). The Labute approximate surface area is 93.2 Å². The molecule has 5 atom stereocenters. The Bertz CT molecular complexity index is 177. The van der Waals surface area contributed by atoms with E-state index < -0.39 is 43.7 Å². The lowest BCUT2D eigenvalue weighted by Crippen LogP contribution is -2.40. The van der Waals surface area contributed by atoms with Crippen molar-refractivity contribution in [1.82, 2.24) is 0 Å². The molecule has 0 aromatic heterocycles. The SMILES string of the molecule is OCC(O)C(O)CCC(O)C(O)C(O)CO. The van der Waals surface area contributed by atoms with E-state index in [1.807, 2.05) is 0 Å². The van der Waals surface area contributed by atoms with Gasteiger partial charge in [-0.1, -0.05) is 0 Å². The van der Waals surface area contributed by atoms with Crippen molar-refractivity contribution in [1.29, 1.82) is 0 Å². The molecule has 0 saturated carbocycles. The third-order valence-electron chi connectivity index (χ3n) is 2.36. The van der Waals surface area contributed by atoms with Gasteiger partial charge in [-0.2, -0.15) is 0 Å². The van der Waals surface area contributed by atoms with Crippen LogP contribution < -0.4 is 0 Å². The molecule has 0 amide bonds. The molecular weight excluding hydrogens is 220 g/mol. The Balaban J connectivity index is 3.92. The molecule has 7 N–H and O–H groups in total. The van der Waals surface area contributed by atoms with Crippen LogP contribution in [0, 0.1) is 0 Å². The summed E-state index contributed by atoms with van der Waals surface area (Å²) >= 11 is 0. The second kappa shape index (κ2) is 7.91. The average Bonchev–Trinajstić information content (AvgIpc) is 2.32. The van der Waals surface area contributed by atoms with Crippen LogP contribution in [0.4, 0.5) is 0 Å². The standard InChI is InChI=1S/C9H20O7/c10-3-7(14)5(12)1-2-6(13)9(16)8(15)4-11/h5-16H,1-4H2. The van der Waals surface area contributed by atoms with Crippen molar-refractivity contribution in [2.45, 2.75) is 43.4 Å². The van der Waals surface area contributed by atoms with E-state index in [-0.39, 0.29) is 12.8 Å². The highest BCUT2D eigenvalue weighted by atomic mass is 16.4. The van der Waals surface area contributed by atoms with E-state index in [2.05, 4.69) is 0 Å². The van der Waals surface area contributed by atoms with Crippen molar-refractivity contribution in [2.24, 2.45) is 0 Å². The lowest BCUT2D eigenvalue weighted by atomic mass is 10.0. The minimum Gasteiger partial charge on any atom is -0.394 e. The Kier molecular flexibility index (Phi) is 7.77. The third-order valence-corrected chi connectivity index (χ3v) is 2.36. The van der Waals surface area contributed by atoms with Crippen molar-refractivity contribution in [3.05, 3.63) is 0 Å². The summed E-state index contributed by atoms with van der Waals surface area (Å²) in [7, 11) is 0. The number of hydrogen-bond donors (Lipinski definition) is 7. The molecule has 0 spiro atoms. The summed E-state index contributed by atoms with van der Waals surface area (Å²) in [5, 5.41) is 62.8. The van der Waals surface area contributed by atoms with Crippen molar-refractivity contribution in [2.75, 3.05) is 13.2 Å². The number of aliphatic hydroxyl groups excluding tert-OH is 7. The maximum Gasteiger partial charge on any atom is 0.108 e. The van der Waals surface area contributed by atoms with Gasteiger partial charge in [0.15, 0.2) is 0 Å². The molecular formula is C9H20O7. The highest BCUT2D eigenvalue weighted by molar-refractivity contribution is 4.77. The van der Waals surface area contributed by atoms with E-state index >= 15 is 0 Å². The molecule has 0 aromatic carbocycles. The Morgan fingerprint density at radius 3 is 1.44 bits per heavy atom. The van der Waals surface area contributed by atoms with Crippen LogP contribution >= 0.6 is 0 Å². The molecule has 16 heavy (non-hydrogen) atoms. The van der Waals surface area contributed by atoms with Crippen LogP contribution in [0.25, 0.3) is 0 Å². The fraction of sp³-hybridized carbons (Fsp3) is 1.00. The normalized spacial score (nSPS) is 21.2. The second-order valence-electron chi connectivity index (χ2n) is 3.70.